The summed E-state index contributed by atoms with van der Waals surface area (Å²) < 4.78 is 5.13. The summed E-state index contributed by atoms with van der Waals surface area (Å²) in [6.45, 7) is 6.69. The Hall–Kier alpha value is -1.38. The van der Waals surface area contributed by atoms with Crippen molar-refractivity contribution in [2.24, 2.45) is 5.92 Å². The highest BCUT2D eigenvalue weighted by molar-refractivity contribution is 5.68. The number of anilines is 2. The Morgan fingerprint density at radius 1 is 1.35 bits per heavy atom. The Labute approximate surface area is 104 Å². The van der Waals surface area contributed by atoms with Crippen LogP contribution in [0.5, 0.6) is 5.75 Å². The molecule has 0 amide bonds. The lowest BCUT2D eigenvalue weighted by Crippen LogP contribution is -2.19. The number of methoxy groups -OCH3 is 1. The first kappa shape index (κ1) is 13.7. The van der Waals surface area contributed by atoms with Gasteiger partial charge in [0.1, 0.15) is 5.75 Å². The lowest BCUT2D eigenvalue weighted by atomic mass is 10.00. The molecule has 0 fully saturated rings. The van der Waals surface area contributed by atoms with Gasteiger partial charge in [-0.3, -0.25) is 0 Å². The van der Waals surface area contributed by atoms with E-state index in [1.54, 1.807) is 7.11 Å². The minimum absolute atomic E-state index is 0.431. The van der Waals surface area contributed by atoms with Crippen molar-refractivity contribution in [1.29, 1.82) is 0 Å². The highest BCUT2D eigenvalue weighted by Gasteiger charge is 2.09. The molecule has 1 rings (SSSR count). The van der Waals surface area contributed by atoms with Gasteiger partial charge in [0, 0.05) is 12.1 Å². The van der Waals surface area contributed by atoms with Crippen molar-refractivity contribution in [3.05, 3.63) is 18.2 Å². The van der Waals surface area contributed by atoms with Crippen LogP contribution in [0.15, 0.2) is 18.2 Å². The molecule has 0 saturated carbocycles. The van der Waals surface area contributed by atoms with Crippen LogP contribution in [0.3, 0.4) is 0 Å². The van der Waals surface area contributed by atoms with E-state index in [1.807, 2.05) is 18.2 Å². The van der Waals surface area contributed by atoms with Crippen LogP contribution in [0.2, 0.25) is 0 Å². The standard InChI is InChI=1S/C14H24N2O/c1-5-10(2)8-11(3)16-14-7-6-12(17-4)9-13(14)15/h6-7,9-11,16H,5,8,15H2,1-4H3. The van der Waals surface area contributed by atoms with Gasteiger partial charge in [-0.15, -0.1) is 0 Å². The Balaban J connectivity index is 2.62. The summed E-state index contributed by atoms with van der Waals surface area (Å²) in [6.07, 6.45) is 2.37. The zero-order chi connectivity index (χ0) is 12.8. The molecule has 0 aliphatic heterocycles. The number of rotatable bonds is 6. The van der Waals surface area contributed by atoms with Gasteiger partial charge >= 0.3 is 0 Å². The number of nitrogen functional groups attached to an aromatic ring is 1. The highest BCUT2D eigenvalue weighted by atomic mass is 16.5. The van der Waals surface area contributed by atoms with E-state index in [1.165, 1.54) is 6.42 Å². The molecule has 3 N–H and O–H groups in total. The van der Waals surface area contributed by atoms with E-state index in [0.717, 1.165) is 29.5 Å². The highest BCUT2D eigenvalue weighted by Crippen LogP contribution is 2.25. The van der Waals surface area contributed by atoms with E-state index >= 15 is 0 Å². The van der Waals surface area contributed by atoms with E-state index in [-0.39, 0.29) is 0 Å². The lowest BCUT2D eigenvalue weighted by molar-refractivity contribution is 0.415. The van der Waals surface area contributed by atoms with E-state index < -0.39 is 0 Å². The van der Waals surface area contributed by atoms with Crippen molar-refractivity contribution in [2.75, 3.05) is 18.2 Å². The number of ether oxygens (including phenoxy) is 1. The molecule has 3 nitrogen and oxygen atoms in total. The first-order chi connectivity index (χ1) is 8.06. The second-order valence-corrected chi connectivity index (χ2v) is 4.75. The van der Waals surface area contributed by atoms with Crippen LogP contribution in [-0.4, -0.2) is 13.2 Å². The van der Waals surface area contributed by atoms with Gasteiger partial charge in [0.15, 0.2) is 0 Å². The second-order valence-electron chi connectivity index (χ2n) is 4.75. The summed E-state index contributed by atoms with van der Waals surface area (Å²) in [4.78, 5) is 0. The van der Waals surface area contributed by atoms with Crippen molar-refractivity contribution in [1.82, 2.24) is 0 Å². The Morgan fingerprint density at radius 2 is 2.06 bits per heavy atom. The SMILES string of the molecule is CCC(C)CC(C)Nc1ccc(OC)cc1N. The molecule has 17 heavy (non-hydrogen) atoms. The van der Waals surface area contributed by atoms with Crippen LogP contribution in [0.4, 0.5) is 11.4 Å². The van der Waals surface area contributed by atoms with E-state index in [0.29, 0.717) is 6.04 Å². The van der Waals surface area contributed by atoms with Gasteiger partial charge in [0.25, 0.3) is 0 Å². The molecule has 3 heteroatoms. The quantitative estimate of drug-likeness (QED) is 0.743. The molecule has 0 aliphatic carbocycles. The zero-order valence-electron chi connectivity index (χ0n) is 11.3. The summed E-state index contributed by atoms with van der Waals surface area (Å²) in [7, 11) is 1.65. The van der Waals surface area contributed by atoms with Crippen molar-refractivity contribution < 1.29 is 4.74 Å². The Bertz CT molecular complexity index is 352. The molecule has 0 spiro atoms. The third kappa shape index (κ3) is 4.17. The van der Waals surface area contributed by atoms with Crippen LogP contribution in [0.1, 0.15) is 33.6 Å². The topological polar surface area (TPSA) is 47.3 Å². The maximum atomic E-state index is 5.97. The van der Waals surface area contributed by atoms with Gasteiger partial charge in [-0.05, 0) is 31.4 Å². The average Bonchev–Trinajstić information content (AvgIpc) is 2.31. The third-order valence-corrected chi connectivity index (χ3v) is 3.11. The molecule has 0 heterocycles. The zero-order valence-corrected chi connectivity index (χ0v) is 11.3. The predicted molar refractivity (Wildman–Crippen MR) is 74.6 cm³/mol. The van der Waals surface area contributed by atoms with E-state index in [2.05, 4.69) is 26.1 Å². The molecule has 0 saturated heterocycles. The maximum absolute atomic E-state index is 5.97. The van der Waals surface area contributed by atoms with Crippen molar-refractivity contribution in [2.45, 2.75) is 39.7 Å². The van der Waals surface area contributed by atoms with Crippen molar-refractivity contribution in [3.8, 4) is 5.75 Å². The molecule has 0 bridgehead atoms. The summed E-state index contributed by atoms with van der Waals surface area (Å²) in [5.74, 6) is 1.53. The van der Waals surface area contributed by atoms with Gasteiger partial charge in [0.05, 0.1) is 18.5 Å². The maximum Gasteiger partial charge on any atom is 0.121 e. The summed E-state index contributed by atoms with van der Waals surface area (Å²) in [6, 6.07) is 6.18. The van der Waals surface area contributed by atoms with Gasteiger partial charge in [-0.25, -0.2) is 0 Å². The molecule has 1 aromatic carbocycles. The predicted octanol–water partition coefficient (Wildman–Crippen LogP) is 3.51. The van der Waals surface area contributed by atoms with Gasteiger partial charge in [-0.1, -0.05) is 20.3 Å². The van der Waals surface area contributed by atoms with Crippen LogP contribution >= 0.6 is 0 Å². The first-order valence-corrected chi connectivity index (χ1v) is 6.26. The smallest absolute Gasteiger partial charge is 0.121 e. The fourth-order valence-electron chi connectivity index (χ4n) is 1.89. The van der Waals surface area contributed by atoms with Gasteiger partial charge < -0.3 is 15.8 Å². The number of benzene rings is 1. The molecule has 2 unspecified atom stereocenters. The Morgan fingerprint density at radius 3 is 2.59 bits per heavy atom. The Kier molecular flexibility index (Phi) is 5.13. The summed E-state index contributed by atoms with van der Waals surface area (Å²) >= 11 is 0. The number of nitrogens with two attached hydrogens (primary N) is 1. The van der Waals surface area contributed by atoms with Crippen molar-refractivity contribution >= 4 is 11.4 Å². The summed E-state index contributed by atoms with van der Waals surface area (Å²) in [5, 5.41) is 3.45. The lowest BCUT2D eigenvalue weighted by Gasteiger charge is -2.20. The van der Waals surface area contributed by atoms with Gasteiger partial charge in [0.2, 0.25) is 0 Å². The molecule has 0 aliphatic rings. The number of hydrogen-bond acceptors (Lipinski definition) is 3. The van der Waals surface area contributed by atoms with Crippen LogP contribution < -0.4 is 15.8 Å². The normalized spacial score (nSPS) is 14.1. The third-order valence-electron chi connectivity index (χ3n) is 3.11. The molecular formula is C14H24N2O. The minimum atomic E-state index is 0.431. The summed E-state index contributed by atoms with van der Waals surface area (Å²) in [5.41, 5.74) is 7.69. The molecule has 1 aromatic rings. The largest absolute Gasteiger partial charge is 0.497 e. The fourth-order valence-corrected chi connectivity index (χ4v) is 1.89. The van der Waals surface area contributed by atoms with Crippen LogP contribution in [-0.2, 0) is 0 Å². The molecule has 0 aromatic heterocycles. The van der Waals surface area contributed by atoms with Crippen molar-refractivity contribution in [3.63, 3.8) is 0 Å². The first-order valence-electron chi connectivity index (χ1n) is 6.26. The van der Waals surface area contributed by atoms with Gasteiger partial charge in [-0.2, -0.15) is 0 Å². The number of nitrogens with one attached hydrogen (secondary N) is 1. The number of hydrogen-bond donors (Lipinski definition) is 2. The van der Waals surface area contributed by atoms with E-state index in [4.69, 9.17) is 10.5 Å². The van der Waals surface area contributed by atoms with Crippen LogP contribution in [0.25, 0.3) is 0 Å². The van der Waals surface area contributed by atoms with Crippen LogP contribution in [0, 0.1) is 5.92 Å². The monoisotopic (exact) mass is 236 g/mol. The van der Waals surface area contributed by atoms with E-state index in [9.17, 15) is 0 Å². The molecule has 0 radical (unpaired) electrons. The minimum Gasteiger partial charge on any atom is -0.497 e. The molecule has 2 atom stereocenters. The molecule has 96 valence electrons. The second kappa shape index (κ2) is 6.38. The molecular weight excluding hydrogens is 212 g/mol. The average molecular weight is 236 g/mol. The fraction of sp³-hybridized carbons (Fsp3) is 0.571.